The molecular weight excluding hydrogens is 540 g/mol. The predicted molar refractivity (Wildman–Crippen MR) is 162 cm³/mol. The van der Waals surface area contributed by atoms with Crippen LogP contribution in [0.5, 0.6) is 5.75 Å². The van der Waals surface area contributed by atoms with Crippen LogP contribution in [0.3, 0.4) is 0 Å². The Morgan fingerprint density at radius 2 is 1.47 bits per heavy atom. The van der Waals surface area contributed by atoms with E-state index >= 15 is 0 Å². The zero-order chi connectivity index (χ0) is 27.8. The van der Waals surface area contributed by atoms with Gasteiger partial charge in [-0.05, 0) is 54.9 Å². The maximum atomic E-state index is 13.6. The quantitative estimate of drug-likeness (QED) is 0.332. The number of amidine groups is 1. The van der Waals surface area contributed by atoms with Crippen LogP contribution in [0.2, 0.25) is 0 Å². The summed E-state index contributed by atoms with van der Waals surface area (Å²) in [4.78, 5) is 15.5. The fourth-order valence-electron chi connectivity index (χ4n) is 4.55. The van der Waals surface area contributed by atoms with E-state index in [9.17, 15) is 9.90 Å². The lowest BCUT2D eigenvalue weighted by Gasteiger charge is -2.28. The van der Waals surface area contributed by atoms with Gasteiger partial charge in [-0.2, -0.15) is 0 Å². The lowest BCUT2D eigenvalue weighted by Crippen LogP contribution is -2.33. The molecule has 0 aliphatic carbocycles. The fourth-order valence-corrected chi connectivity index (χ4v) is 4.55. The molecule has 0 fully saturated rings. The maximum absolute atomic E-state index is 13.6. The van der Waals surface area contributed by atoms with Crippen LogP contribution in [-0.2, 0) is 22.0 Å². The van der Waals surface area contributed by atoms with Crippen molar-refractivity contribution in [2.75, 3.05) is 19.7 Å². The van der Waals surface area contributed by atoms with Crippen molar-refractivity contribution < 1.29 is 14.6 Å². The highest BCUT2D eigenvalue weighted by atomic mass is 79.9. The van der Waals surface area contributed by atoms with Crippen molar-refractivity contribution >= 4 is 28.6 Å². The standard InChI is InChI=1S/C32H44N2O3.BrH/c1-30(2,3)25-16-22(17-26(28(25)36)31(4,5)6)27(35)19-34-18-23(20-37-32(7,8)9)24(29(34)33)15-21-13-11-10-12-14-21;/h10-14,16-17,33,36H,15,18-20H2,1-9H3;1H. The van der Waals surface area contributed by atoms with E-state index in [1.165, 1.54) is 0 Å². The number of phenols is 1. The van der Waals surface area contributed by atoms with Crippen molar-refractivity contribution in [2.24, 2.45) is 0 Å². The number of carbonyl (C=O) groups is 1. The number of aromatic hydroxyl groups is 1. The number of ketones is 1. The molecule has 0 bridgehead atoms. The van der Waals surface area contributed by atoms with E-state index in [2.05, 4.69) is 12.1 Å². The molecule has 0 saturated heterocycles. The number of carbonyl (C=O) groups excluding carboxylic acids is 1. The van der Waals surface area contributed by atoms with Crippen molar-refractivity contribution in [3.63, 3.8) is 0 Å². The number of hydrogen-bond donors (Lipinski definition) is 2. The third-order valence-corrected chi connectivity index (χ3v) is 6.70. The van der Waals surface area contributed by atoms with Crippen LogP contribution in [0, 0.1) is 5.41 Å². The average molecular weight is 586 g/mol. The largest absolute Gasteiger partial charge is 0.507 e. The van der Waals surface area contributed by atoms with Crippen LogP contribution in [-0.4, -0.2) is 46.9 Å². The first-order valence-corrected chi connectivity index (χ1v) is 13.1. The highest BCUT2D eigenvalue weighted by molar-refractivity contribution is 8.93. The summed E-state index contributed by atoms with van der Waals surface area (Å²) in [7, 11) is 0. The Labute approximate surface area is 239 Å². The molecule has 0 amide bonds. The van der Waals surface area contributed by atoms with E-state index in [4.69, 9.17) is 10.1 Å². The molecule has 2 aromatic rings. The summed E-state index contributed by atoms with van der Waals surface area (Å²) < 4.78 is 6.09. The van der Waals surface area contributed by atoms with Crippen molar-refractivity contribution in [1.29, 1.82) is 5.41 Å². The van der Waals surface area contributed by atoms with E-state index in [1.807, 2.05) is 97.5 Å². The molecule has 6 heteroatoms. The molecule has 2 aromatic carbocycles. The van der Waals surface area contributed by atoms with Crippen molar-refractivity contribution in [3.05, 3.63) is 75.9 Å². The molecule has 5 nitrogen and oxygen atoms in total. The van der Waals surface area contributed by atoms with Gasteiger partial charge in [0.15, 0.2) is 5.78 Å². The third kappa shape index (κ3) is 7.79. The van der Waals surface area contributed by atoms with Crippen LogP contribution in [0.25, 0.3) is 0 Å². The van der Waals surface area contributed by atoms with Gasteiger partial charge < -0.3 is 14.7 Å². The number of hydrogen-bond acceptors (Lipinski definition) is 4. The number of nitrogens with one attached hydrogen (secondary N) is 1. The molecule has 1 heterocycles. The minimum absolute atomic E-state index is 0. The van der Waals surface area contributed by atoms with Gasteiger partial charge in [0, 0.05) is 35.2 Å². The van der Waals surface area contributed by atoms with Crippen molar-refractivity contribution in [1.82, 2.24) is 4.90 Å². The van der Waals surface area contributed by atoms with E-state index in [0.717, 1.165) is 27.8 Å². The highest BCUT2D eigenvalue weighted by Crippen LogP contribution is 2.40. The smallest absolute Gasteiger partial charge is 0.182 e. The number of halogens is 1. The molecule has 2 N–H and O–H groups in total. The molecule has 0 saturated carbocycles. The second-order valence-electron chi connectivity index (χ2n) is 13.2. The average Bonchev–Trinajstić information content (AvgIpc) is 3.05. The fraction of sp³-hybridized carbons (Fsp3) is 0.500. The normalized spacial score (nSPS) is 14.7. The molecule has 0 atom stereocenters. The van der Waals surface area contributed by atoms with E-state index < -0.39 is 0 Å². The highest BCUT2D eigenvalue weighted by Gasteiger charge is 2.32. The number of nitrogens with zero attached hydrogens (tertiary/aromatic N) is 1. The Bertz CT molecular complexity index is 1160. The molecular formula is C32H45BrN2O3. The molecule has 38 heavy (non-hydrogen) atoms. The van der Waals surface area contributed by atoms with Gasteiger partial charge in [0.1, 0.15) is 11.6 Å². The number of rotatable bonds is 7. The van der Waals surface area contributed by atoms with Gasteiger partial charge in [0.25, 0.3) is 0 Å². The molecule has 1 aliphatic heterocycles. The Morgan fingerprint density at radius 1 is 0.947 bits per heavy atom. The van der Waals surface area contributed by atoms with Gasteiger partial charge in [-0.1, -0.05) is 71.9 Å². The van der Waals surface area contributed by atoms with E-state index in [1.54, 1.807) is 0 Å². The van der Waals surface area contributed by atoms with Gasteiger partial charge in [-0.25, -0.2) is 0 Å². The first-order valence-electron chi connectivity index (χ1n) is 13.1. The summed E-state index contributed by atoms with van der Waals surface area (Å²) >= 11 is 0. The minimum Gasteiger partial charge on any atom is -0.507 e. The van der Waals surface area contributed by atoms with Crippen LogP contribution >= 0.6 is 17.0 Å². The number of benzene rings is 2. The zero-order valence-corrected chi connectivity index (χ0v) is 26.2. The Hall–Kier alpha value is -2.44. The van der Waals surface area contributed by atoms with Crippen LogP contribution in [0.15, 0.2) is 53.6 Å². The Morgan fingerprint density at radius 3 is 1.95 bits per heavy atom. The summed E-state index contributed by atoms with van der Waals surface area (Å²) in [6, 6.07) is 13.8. The maximum Gasteiger partial charge on any atom is 0.182 e. The molecule has 1 aliphatic rings. The third-order valence-electron chi connectivity index (χ3n) is 6.70. The Kier molecular flexibility index (Phi) is 9.82. The second kappa shape index (κ2) is 11.7. The van der Waals surface area contributed by atoms with Gasteiger partial charge in [0.2, 0.25) is 0 Å². The second-order valence-corrected chi connectivity index (χ2v) is 13.2. The molecule has 208 valence electrons. The van der Waals surface area contributed by atoms with Crippen LogP contribution in [0.1, 0.15) is 89.4 Å². The Balaban J connectivity index is 0.00000507. The van der Waals surface area contributed by atoms with Gasteiger partial charge in [-0.3, -0.25) is 10.2 Å². The zero-order valence-electron chi connectivity index (χ0n) is 24.5. The summed E-state index contributed by atoms with van der Waals surface area (Å²) in [6.45, 7) is 19.4. The monoisotopic (exact) mass is 584 g/mol. The minimum atomic E-state index is -0.317. The van der Waals surface area contributed by atoms with Crippen molar-refractivity contribution in [2.45, 2.75) is 85.2 Å². The lowest BCUT2D eigenvalue weighted by atomic mass is 9.78. The summed E-state index contributed by atoms with van der Waals surface area (Å²) in [6.07, 6.45) is 0.634. The molecule has 0 radical (unpaired) electrons. The summed E-state index contributed by atoms with van der Waals surface area (Å²) in [5.74, 6) is 0.590. The summed E-state index contributed by atoms with van der Waals surface area (Å²) in [5.41, 5.74) is 4.29. The first kappa shape index (κ1) is 31.8. The van der Waals surface area contributed by atoms with Crippen LogP contribution < -0.4 is 0 Å². The predicted octanol–water partition coefficient (Wildman–Crippen LogP) is 7.40. The van der Waals surface area contributed by atoms with Gasteiger partial charge in [-0.15, -0.1) is 17.0 Å². The molecule has 0 unspecified atom stereocenters. The number of phenolic OH excluding ortho intramolecular Hbond substituents is 1. The number of ether oxygens (including phenoxy) is 1. The molecule has 0 aromatic heterocycles. The molecule has 3 rings (SSSR count). The SMILES string of the molecule is Br.CC(C)(C)OCC1=C(Cc2ccccc2)C(=N)N(CC(=O)c2cc(C(C)(C)C)c(O)c(C(C)(C)C)c2)C1. The van der Waals surface area contributed by atoms with Crippen LogP contribution in [0.4, 0.5) is 0 Å². The first-order chi connectivity index (χ1) is 17.0. The topological polar surface area (TPSA) is 73.6 Å². The lowest BCUT2D eigenvalue weighted by molar-refractivity contribution is 0.00996. The molecule has 0 spiro atoms. The van der Waals surface area contributed by atoms with E-state index in [-0.39, 0.29) is 51.5 Å². The van der Waals surface area contributed by atoms with Gasteiger partial charge >= 0.3 is 0 Å². The number of Topliss-reactive ketones (excluding diaryl/α,β-unsaturated/α-hetero) is 1. The van der Waals surface area contributed by atoms with Crippen molar-refractivity contribution in [3.8, 4) is 5.75 Å². The van der Waals surface area contributed by atoms with Gasteiger partial charge in [0.05, 0.1) is 18.8 Å². The van der Waals surface area contributed by atoms with E-state index in [0.29, 0.717) is 31.0 Å². The summed E-state index contributed by atoms with van der Waals surface area (Å²) in [5, 5.41) is 20.0.